The molecule has 4 aromatic rings. The van der Waals surface area contributed by atoms with Gasteiger partial charge in [0.1, 0.15) is 11.6 Å². The minimum Gasteiger partial charge on any atom is -0.228 e. The molecule has 0 aliphatic carbocycles. The van der Waals surface area contributed by atoms with Crippen molar-refractivity contribution in [2.75, 3.05) is 0 Å². The number of fused-ring (bicyclic) bond motifs is 1. The Bertz CT molecular complexity index is 1120. The number of halogens is 4. The van der Waals surface area contributed by atoms with Gasteiger partial charge in [0, 0.05) is 11.1 Å². The zero-order valence-electron chi connectivity index (χ0n) is 14.1. The molecule has 2 aromatic heterocycles. The van der Waals surface area contributed by atoms with E-state index in [1.54, 1.807) is 6.92 Å². The van der Waals surface area contributed by atoms with Gasteiger partial charge >= 0.3 is 0 Å². The van der Waals surface area contributed by atoms with E-state index in [2.05, 4.69) is 10.1 Å². The highest BCUT2D eigenvalue weighted by atomic mass is 19.3. The number of alkyl halides is 2. The number of pyridine rings is 1. The van der Waals surface area contributed by atoms with Gasteiger partial charge in [-0.3, -0.25) is 0 Å². The summed E-state index contributed by atoms with van der Waals surface area (Å²) in [6, 6.07) is 12.2. The maximum atomic E-state index is 13.7. The van der Waals surface area contributed by atoms with Crippen molar-refractivity contribution in [1.82, 2.24) is 14.8 Å². The Morgan fingerprint density at radius 1 is 0.889 bits per heavy atom. The molecule has 7 heteroatoms. The quantitative estimate of drug-likeness (QED) is 0.438. The summed E-state index contributed by atoms with van der Waals surface area (Å²) in [5.74, 6) is -0.846. The largest absolute Gasteiger partial charge is 0.264 e. The van der Waals surface area contributed by atoms with Gasteiger partial charge in [0.15, 0.2) is 5.65 Å². The summed E-state index contributed by atoms with van der Waals surface area (Å²) in [6.07, 6.45) is -2.74. The van der Waals surface area contributed by atoms with Gasteiger partial charge < -0.3 is 0 Å². The van der Waals surface area contributed by atoms with Crippen LogP contribution in [-0.4, -0.2) is 14.8 Å². The third-order valence-electron chi connectivity index (χ3n) is 4.29. The second kappa shape index (κ2) is 6.50. The van der Waals surface area contributed by atoms with E-state index in [0.29, 0.717) is 16.9 Å². The van der Waals surface area contributed by atoms with Crippen LogP contribution in [0.25, 0.3) is 28.0 Å². The number of aryl methyl sites for hydroxylation is 1. The first-order valence-corrected chi connectivity index (χ1v) is 8.14. The summed E-state index contributed by atoms with van der Waals surface area (Å²) >= 11 is 0. The van der Waals surface area contributed by atoms with E-state index >= 15 is 0 Å². The molecule has 27 heavy (non-hydrogen) atoms. The van der Waals surface area contributed by atoms with Gasteiger partial charge in [-0.25, -0.2) is 27.2 Å². The predicted octanol–water partition coefficient (Wildman–Crippen LogP) is 5.61. The number of benzene rings is 2. The summed E-state index contributed by atoms with van der Waals surface area (Å²) in [6.45, 7) is 1.62. The minimum absolute atomic E-state index is 0.204. The Kier molecular flexibility index (Phi) is 4.14. The fraction of sp³-hybridized carbons (Fsp3) is 0.100. The molecule has 0 unspecified atom stereocenters. The van der Waals surface area contributed by atoms with E-state index < -0.39 is 18.1 Å². The van der Waals surface area contributed by atoms with E-state index in [9.17, 15) is 17.6 Å². The van der Waals surface area contributed by atoms with Crippen LogP contribution in [0.4, 0.5) is 17.6 Å². The number of aromatic nitrogens is 3. The van der Waals surface area contributed by atoms with Crippen LogP contribution in [-0.2, 0) is 0 Å². The molecule has 136 valence electrons. The van der Waals surface area contributed by atoms with E-state index in [1.807, 2.05) is 0 Å². The van der Waals surface area contributed by atoms with E-state index in [0.717, 1.165) is 0 Å². The summed E-state index contributed by atoms with van der Waals surface area (Å²) in [5, 5.41) is 4.57. The average molecular weight is 371 g/mol. The molecule has 3 nitrogen and oxygen atoms in total. The van der Waals surface area contributed by atoms with Crippen LogP contribution in [0.15, 0.2) is 54.6 Å². The van der Waals surface area contributed by atoms with Gasteiger partial charge in [0.05, 0.1) is 22.5 Å². The van der Waals surface area contributed by atoms with Gasteiger partial charge in [0.2, 0.25) is 0 Å². The molecule has 0 amide bonds. The molecule has 0 radical (unpaired) electrons. The Labute approximate surface area is 151 Å². The lowest BCUT2D eigenvalue weighted by molar-refractivity contribution is 0.153. The molecule has 0 saturated carbocycles. The first-order chi connectivity index (χ1) is 12.9. The second-order valence-electron chi connectivity index (χ2n) is 6.08. The van der Waals surface area contributed by atoms with Crippen molar-refractivity contribution >= 4 is 11.0 Å². The monoisotopic (exact) mass is 371 g/mol. The van der Waals surface area contributed by atoms with Gasteiger partial charge in [-0.2, -0.15) is 5.10 Å². The van der Waals surface area contributed by atoms with Crippen LogP contribution in [0.5, 0.6) is 0 Å². The molecule has 0 spiro atoms. The number of hydrogen-bond acceptors (Lipinski definition) is 2. The van der Waals surface area contributed by atoms with Crippen molar-refractivity contribution in [2.45, 2.75) is 13.3 Å². The fourth-order valence-electron chi connectivity index (χ4n) is 3.03. The Balaban J connectivity index is 2.01. The average Bonchev–Trinajstić information content (AvgIpc) is 2.99. The first-order valence-electron chi connectivity index (χ1n) is 8.14. The Morgan fingerprint density at radius 2 is 1.48 bits per heavy atom. The normalized spacial score (nSPS) is 11.5. The Hall–Kier alpha value is -3.22. The van der Waals surface area contributed by atoms with Crippen LogP contribution in [0, 0.1) is 18.6 Å². The van der Waals surface area contributed by atoms with Crippen molar-refractivity contribution in [3.05, 3.63) is 77.5 Å². The summed E-state index contributed by atoms with van der Waals surface area (Å²) in [7, 11) is 0. The lowest BCUT2D eigenvalue weighted by Crippen LogP contribution is -2.00. The minimum atomic E-state index is -2.74. The van der Waals surface area contributed by atoms with Crippen LogP contribution in [0.2, 0.25) is 0 Å². The zero-order valence-corrected chi connectivity index (χ0v) is 14.1. The van der Waals surface area contributed by atoms with Crippen molar-refractivity contribution < 1.29 is 17.6 Å². The molecule has 0 fully saturated rings. The zero-order chi connectivity index (χ0) is 19.1. The fourth-order valence-corrected chi connectivity index (χ4v) is 3.03. The van der Waals surface area contributed by atoms with Crippen molar-refractivity contribution in [3.63, 3.8) is 0 Å². The molecule has 2 heterocycles. The lowest BCUT2D eigenvalue weighted by Gasteiger charge is -2.09. The molecule has 0 saturated heterocycles. The second-order valence-corrected chi connectivity index (χ2v) is 6.08. The SMILES string of the molecule is Cc1nn(-c2ccc(F)cc2)c2nc(-c3ccc(F)cc3)cc(C(F)F)c12. The molecule has 0 bridgehead atoms. The molecular formula is C20H13F4N3. The van der Waals surface area contributed by atoms with Gasteiger partial charge in [-0.05, 0) is 61.5 Å². The topological polar surface area (TPSA) is 30.7 Å². The van der Waals surface area contributed by atoms with Crippen LogP contribution >= 0.6 is 0 Å². The lowest BCUT2D eigenvalue weighted by atomic mass is 10.1. The Morgan fingerprint density at radius 3 is 2.07 bits per heavy atom. The van der Waals surface area contributed by atoms with Gasteiger partial charge in [-0.1, -0.05) is 0 Å². The van der Waals surface area contributed by atoms with Crippen LogP contribution in [0.3, 0.4) is 0 Å². The highest BCUT2D eigenvalue weighted by molar-refractivity contribution is 5.86. The van der Waals surface area contributed by atoms with Crippen molar-refractivity contribution in [1.29, 1.82) is 0 Å². The standard InChI is InChI=1S/C20H13F4N3/c1-11-18-16(19(23)24)10-17(12-2-4-13(21)5-3-12)25-20(18)27(26-11)15-8-6-14(22)7-9-15/h2-10,19H,1H3. The number of hydrogen-bond donors (Lipinski definition) is 0. The summed E-state index contributed by atoms with van der Waals surface area (Å²) in [5.41, 5.74) is 1.70. The van der Waals surface area contributed by atoms with E-state index in [4.69, 9.17) is 0 Å². The maximum absolute atomic E-state index is 13.7. The molecule has 0 aliphatic heterocycles. The smallest absolute Gasteiger partial charge is 0.228 e. The first kappa shape index (κ1) is 17.2. The molecule has 0 N–H and O–H groups in total. The van der Waals surface area contributed by atoms with Gasteiger partial charge in [0.25, 0.3) is 6.43 Å². The van der Waals surface area contributed by atoms with Crippen molar-refractivity contribution in [2.24, 2.45) is 0 Å². The summed E-state index contributed by atoms with van der Waals surface area (Å²) in [4.78, 5) is 4.49. The van der Waals surface area contributed by atoms with Crippen LogP contribution < -0.4 is 0 Å². The maximum Gasteiger partial charge on any atom is 0.264 e. The third-order valence-corrected chi connectivity index (χ3v) is 4.29. The van der Waals surface area contributed by atoms with Gasteiger partial charge in [-0.15, -0.1) is 0 Å². The van der Waals surface area contributed by atoms with E-state index in [1.165, 1.54) is 59.3 Å². The van der Waals surface area contributed by atoms with Crippen LogP contribution in [0.1, 0.15) is 17.7 Å². The molecule has 4 rings (SSSR count). The predicted molar refractivity (Wildman–Crippen MR) is 93.9 cm³/mol. The highest BCUT2D eigenvalue weighted by Crippen LogP contribution is 2.34. The summed E-state index contributed by atoms with van der Waals surface area (Å²) < 4.78 is 55.3. The molecular weight excluding hydrogens is 358 g/mol. The third kappa shape index (κ3) is 3.05. The molecule has 2 aromatic carbocycles. The molecule has 0 atom stereocenters. The number of nitrogens with zero attached hydrogens (tertiary/aromatic N) is 3. The van der Waals surface area contributed by atoms with Crippen molar-refractivity contribution in [3.8, 4) is 16.9 Å². The number of rotatable bonds is 3. The van der Waals surface area contributed by atoms with E-state index in [-0.39, 0.29) is 22.3 Å². The highest BCUT2D eigenvalue weighted by Gasteiger charge is 2.21. The molecule has 0 aliphatic rings.